The van der Waals surface area contributed by atoms with Crippen LogP contribution in [0.1, 0.15) is 19.4 Å². The zero-order chi connectivity index (χ0) is 16.0. The highest BCUT2D eigenvalue weighted by atomic mass is 35.5. The van der Waals surface area contributed by atoms with E-state index in [0.717, 1.165) is 12.1 Å². The Morgan fingerprint density at radius 1 is 1.43 bits per heavy atom. The summed E-state index contributed by atoms with van der Waals surface area (Å²) in [6.07, 6.45) is 0. The van der Waals surface area contributed by atoms with Gasteiger partial charge < -0.3 is 9.84 Å². The molecule has 120 valence electrons. The minimum absolute atomic E-state index is 0.0214. The number of aliphatic hydroxyl groups excluding tert-OH is 1. The van der Waals surface area contributed by atoms with Gasteiger partial charge in [-0.25, -0.2) is 17.5 Å². The van der Waals surface area contributed by atoms with Crippen LogP contribution in [-0.4, -0.2) is 33.3 Å². The standard InChI is InChI=1S/C13H19ClFNO4S/c1-9(2)8-20-4-3-16-21(18,19)11-5-10(7-17)13(14)12(15)6-11/h5-6,9,16-17H,3-4,7-8H2,1-2H3. The molecule has 0 spiro atoms. The van der Waals surface area contributed by atoms with E-state index in [1.54, 1.807) is 0 Å². The zero-order valence-electron chi connectivity index (χ0n) is 11.9. The molecule has 2 N–H and O–H groups in total. The summed E-state index contributed by atoms with van der Waals surface area (Å²) in [4.78, 5) is -0.280. The van der Waals surface area contributed by atoms with Crippen LogP contribution in [0.25, 0.3) is 0 Å². The summed E-state index contributed by atoms with van der Waals surface area (Å²) in [5.74, 6) is -0.529. The van der Waals surface area contributed by atoms with E-state index in [1.165, 1.54) is 0 Å². The molecular formula is C13H19ClFNO4S. The Morgan fingerprint density at radius 3 is 2.67 bits per heavy atom. The van der Waals surface area contributed by atoms with E-state index in [9.17, 15) is 12.8 Å². The molecular weight excluding hydrogens is 321 g/mol. The highest BCUT2D eigenvalue weighted by Crippen LogP contribution is 2.24. The average molecular weight is 340 g/mol. The molecule has 1 aromatic rings. The number of hydrogen-bond acceptors (Lipinski definition) is 4. The Hall–Kier alpha value is -0.730. The molecule has 0 amide bonds. The molecule has 0 saturated carbocycles. The topological polar surface area (TPSA) is 75.6 Å². The summed E-state index contributed by atoms with van der Waals surface area (Å²) < 4.78 is 45.1. The summed E-state index contributed by atoms with van der Waals surface area (Å²) in [6, 6.07) is 1.96. The van der Waals surface area contributed by atoms with Crippen LogP contribution in [0.3, 0.4) is 0 Å². The van der Waals surface area contributed by atoms with E-state index in [4.69, 9.17) is 21.4 Å². The molecule has 0 aliphatic heterocycles. The molecule has 0 saturated heterocycles. The molecule has 0 heterocycles. The van der Waals surface area contributed by atoms with Crippen molar-refractivity contribution < 1.29 is 22.7 Å². The number of hydrogen-bond donors (Lipinski definition) is 2. The van der Waals surface area contributed by atoms with E-state index < -0.39 is 22.4 Å². The second-order valence-corrected chi connectivity index (χ2v) is 7.05. The Balaban J connectivity index is 2.72. The van der Waals surface area contributed by atoms with Crippen molar-refractivity contribution in [1.82, 2.24) is 4.72 Å². The first-order valence-corrected chi connectivity index (χ1v) is 8.30. The monoisotopic (exact) mass is 339 g/mol. The van der Waals surface area contributed by atoms with Gasteiger partial charge in [-0.2, -0.15) is 0 Å². The second-order valence-electron chi connectivity index (χ2n) is 4.90. The first-order valence-electron chi connectivity index (χ1n) is 6.44. The van der Waals surface area contributed by atoms with Gasteiger partial charge in [-0.1, -0.05) is 25.4 Å². The van der Waals surface area contributed by atoms with Crippen LogP contribution in [0, 0.1) is 11.7 Å². The number of ether oxygens (including phenoxy) is 1. The lowest BCUT2D eigenvalue weighted by Crippen LogP contribution is -2.28. The van der Waals surface area contributed by atoms with Crippen LogP contribution in [-0.2, 0) is 21.4 Å². The van der Waals surface area contributed by atoms with Gasteiger partial charge in [0.05, 0.1) is 23.1 Å². The van der Waals surface area contributed by atoms with E-state index in [2.05, 4.69) is 4.72 Å². The fraction of sp³-hybridized carbons (Fsp3) is 0.538. The Labute approximate surface area is 129 Å². The van der Waals surface area contributed by atoms with Crippen molar-refractivity contribution in [2.45, 2.75) is 25.3 Å². The van der Waals surface area contributed by atoms with Gasteiger partial charge in [0, 0.05) is 18.7 Å². The van der Waals surface area contributed by atoms with Gasteiger partial charge >= 0.3 is 0 Å². The highest BCUT2D eigenvalue weighted by Gasteiger charge is 2.18. The third kappa shape index (κ3) is 5.52. The minimum atomic E-state index is -3.87. The number of sulfonamides is 1. The van der Waals surface area contributed by atoms with Crippen LogP contribution < -0.4 is 4.72 Å². The smallest absolute Gasteiger partial charge is 0.240 e. The molecule has 0 atom stereocenters. The van der Waals surface area contributed by atoms with Crippen molar-refractivity contribution in [1.29, 1.82) is 0 Å². The van der Waals surface area contributed by atoms with E-state index in [1.807, 2.05) is 13.8 Å². The summed E-state index contributed by atoms with van der Waals surface area (Å²) in [5, 5.41) is 8.76. The van der Waals surface area contributed by atoms with Gasteiger partial charge in [0.2, 0.25) is 10.0 Å². The van der Waals surface area contributed by atoms with Gasteiger partial charge in [0.25, 0.3) is 0 Å². The number of halogens is 2. The van der Waals surface area contributed by atoms with Crippen molar-refractivity contribution in [3.63, 3.8) is 0 Å². The molecule has 0 aliphatic rings. The maximum absolute atomic E-state index is 13.5. The van der Waals surface area contributed by atoms with Gasteiger partial charge in [0.15, 0.2) is 0 Å². The van der Waals surface area contributed by atoms with Crippen molar-refractivity contribution in [3.8, 4) is 0 Å². The predicted molar refractivity (Wildman–Crippen MR) is 78.2 cm³/mol. The Bertz CT molecular complexity index is 578. The summed E-state index contributed by atoms with van der Waals surface area (Å²) in [6.45, 7) is 4.25. The zero-order valence-corrected chi connectivity index (χ0v) is 13.5. The van der Waals surface area contributed by atoms with Crippen LogP contribution >= 0.6 is 11.6 Å². The lowest BCUT2D eigenvalue weighted by molar-refractivity contribution is 0.114. The average Bonchev–Trinajstić information content (AvgIpc) is 2.40. The number of aliphatic hydroxyl groups is 1. The van der Waals surface area contributed by atoms with Gasteiger partial charge in [0.1, 0.15) is 5.82 Å². The SMILES string of the molecule is CC(C)COCCNS(=O)(=O)c1cc(F)c(Cl)c(CO)c1. The number of benzene rings is 1. The number of rotatable bonds is 8. The fourth-order valence-corrected chi connectivity index (χ4v) is 2.78. The van der Waals surface area contributed by atoms with E-state index in [-0.39, 0.29) is 28.6 Å². The predicted octanol–water partition coefficient (Wildman–Crippen LogP) is 1.92. The highest BCUT2D eigenvalue weighted by molar-refractivity contribution is 7.89. The van der Waals surface area contributed by atoms with Crippen molar-refractivity contribution in [2.75, 3.05) is 19.8 Å². The largest absolute Gasteiger partial charge is 0.392 e. The maximum Gasteiger partial charge on any atom is 0.240 e. The van der Waals surface area contributed by atoms with Crippen LogP contribution in [0.2, 0.25) is 5.02 Å². The quantitative estimate of drug-likeness (QED) is 0.709. The van der Waals surface area contributed by atoms with Crippen molar-refractivity contribution in [2.24, 2.45) is 5.92 Å². The first-order chi connectivity index (χ1) is 9.77. The molecule has 5 nitrogen and oxygen atoms in total. The van der Waals surface area contributed by atoms with Crippen molar-refractivity contribution in [3.05, 3.63) is 28.5 Å². The normalized spacial score (nSPS) is 12.1. The Kier molecular flexibility index (Phi) is 7.02. The molecule has 0 aliphatic carbocycles. The van der Waals surface area contributed by atoms with Gasteiger partial charge in [-0.15, -0.1) is 0 Å². The lowest BCUT2D eigenvalue weighted by Gasteiger charge is -2.10. The molecule has 1 rings (SSSR count). The number of nitrogens with one attached hydrogen (secondary N) is 1. The summed E-state index contributed by atoms with van der Waals surface area (Å²) >= 11 is 5.62. The van der Waals surface area contributed by atoms with E-state index in [0.29, 0.717) is 12.5 Å². The van der Waals surface area contributed by atoms with E-state index >= 15 is 0 Å². The Morgan fingerprint density at radius 2 is 2.10 bits per heavy atom. The molecule has 0 aromatic heterocycles. The fourth-order valence-electron chi connectivity index (χ4n) is 1.54. The first kappa shape index (κ1) is 18.3. The van der Waals surface area contributed by atoms with Crippen molar-refractivity contribution >= 4 is 21.6 Å². The minimum Gasteiger partial charge on any atom is -0.392 e. The third-order valence-corrected chi connectivity index (χ3v) is 4.41. The van der Waals surface area contributed by atoms with Gasteiger partial charge in [-0.3, -0.25) is 0 Å². The molecule has 0 bridgehead atoms. The molecule has 8 heteroatoms. The lowest BCUT2D eigenvalue weighted by atomic mass is 10.2. The second kappa shape index (κ2) is 8.05. The molecule has 1 aromatic carbocycles. The maximum atomic E-state index is 13.5. The molecule has 0 unspecified atom stereocenters. The van der Waals surface area contributed by atoms with Gasteiger partial charge in [-0.05, 0) is 18.1 Å². The molecule has 21 heavy (non-hydrogen) atoms. The molecule has 0 fully saturated rings. The summed E-state index contributed by atoms with van der Waals surface area (Å²) in [5.41, 5.74) is 0.0214. The third-order valence-electron chi connectivity index (χ3n) is 2.55. The molecule has 0 radical (unpaired) electrons. The van der Waals surface area contributed by atoms with Crippen LogP contribution in [0.4, 0.5) is 4.39 Å². The summed E-state index contributed by atoms with van der Waals surface area (Å²) in [7, 11) is -3.87. The van der Waals surface area contributed by atoms with Crippen LogP contribution in [0.5, 0.6) is 0 Å². The van der Waals surface area contributed by atoms with Crippen LogP contribution in [0.15, 0.2) is 17.0 Å².